The van der Waals surface area contributed by atoms with Gasteiger partial charge >= 0.3 is 14.6 Å². The molecule has 24 heteroatoms. The van der Waals surface area contributed by atoms with Crippen molar-refractivity contribution in [3.8, 4) is 0 Å². The zero-order valence-corrected chi connectivity index (χ0v) is 27.0. The van der Waals surface area contributed by atoms with Crippen LogP contribution < -0.4 is 17.0 Å². The van der Waals surface area contributed by atoms with E-state index in [0.717, 1.165) is 24.4 Å². The molecule has 2 saturated heterocycles. The Balaban J connectivity index is 1.10. The second-order valence-corrected chi connectivity index (χ2v) is 15.8. The molecule has 9 atom stereocenters. The molecule has 3 aliphatic rings. The maximum absolute atomic E-state index is 16.0. The summed E-state index contributed by atoms with van der Waals surface area (Å²) in [6, 6.07) is 0. The number of nitrogen functional groups attached to an aromatic ring is 2. The number of nitrogens with one attached hydrogen (secondary N) is 1. The van der Waals surface area contributed by atoms with E-state index < -0.39 is 63.2 Å². The first-order valence-corrected chi connectivity index (χ1v) is 18.3. The summed E-state index contributed by atoms with van der Waals surface area (Å²) < 4.78 is 77.2. The lowest BCUT2D eigenvalue weighted by Crippen LogP contribution is -2.35. The number of alkyl halides is 1. The van der Waals surface area contributed by atoms with E-state index in [4.69, 9.17) is 34.5 Å². The first-order valence-electron chi connectivity index (χ1n) is 14.1. The minimum absolute atomic E-state index is 0.0585. The number of thiol groups is 1. The van der Waals surface area contributed by atoms with Gasteiger partial charge in [0.1, 0.15) is 30.3 Å². The lowest BCUT2D eigenvalue weighted by Gasteiger charge is -2.32. The van der Waals surface area contributed by atoms with Crippen LogP contribution in [0.4, 0.5) is 16.2 Å². The number of aromatic amines is 1. The molecule has 47 heavy (non-hydrogen) atoms. The SMILES string of the molecule is COP(=O)(O)OC[C@H]1O[C@@H](n2cnc3c(=O)[nH]c(N)nc32)[C@H](OP(=O)(S)OC[C@]23CC[C@H](C2)[C@H](n2cnc4c(N)ncnc42)O3)[C@H]1F. The van der Waals surface area contributed by atoms with E-state index in [-0.39, 0.29) is 35.5 Å². The minimum Gasteiger partial charge on any atom is -0.382 e. The Morgan fingerprint density at radius 2 is 1.89 bits per heavy atom. The molecule has 1 aliphatic carbocycles. The fourth-order valence-corrected chi connectivity index (χ4v) is 8.17. The number of rotatable bonds is 11. The highest BCUT2D eigenvalue weighted by atomic mass is 32.7. The van der Waals surface area contributed by atoms with Crippen molar-refractivity contribution < 1.29 is 46.0 Å². The van der Waals surface area contributed by atoms with Crippen molar-refractivity contribution in [1.29, 1.82) is 0 Å². The summed E-state index contributed by atoms with van der Waals surface area (Å²) in [4.78, 5) is 44.9. The topological polar surface area (TPSA) is 269 Å². The molecule has 6 heterocycles. The monoisotopic (exact) mass is 718 g/mol. The van der Waals surface area contributed by atoms with Gasteiger partial charge in [0.15, 0.2) is 35.0 Å². The predicted octanol–water partition coefficient (Wildman–Crippen LogP) is 1.63. The van der Waals surface area contributed by atoms with E-state index >= 15 is 4.39 Å². The highest BCUT2D eigenvalue weighted by Gasteiger charge is 2.55. The number of nitrogens with two attached hydrogens (primary N) is 2. The summed E-state index contributed by atoms with van der Waals surface area (Å²) in [5, 5.41) is 0. The van der Waals surface area contributed by atoms with Crippen molar-refractivity contribution in [2.75, 3.05) is 31.8 Å². The number of imidazole rings is 2. The summed E-state index contributed by atoms with van der Waals surface area (Å²) in [5.74, 6) is 0.0313. The normalized spacial score (nSPS) is 31.5. The third-order valence-electron chi connectivity index (χ3n) is 8.41. The van der Waals surface area contributed by atoms with Gasteiger partial charge in [0.25, 0.3) is 5.56 Å². The maximum atomic E-state index is 16.0. The molecule has 2 aliphatic heterocycles. The van der Waals surface area contributed by atoms with Crippen molar-refractivity contribution in [1.82, 2.24) is 39.0 Å². The van der Waals surface area contributed by atoms with Crippen molar-refractivity contribution in [2.45, 2.75) is 55.7 Å². The van der Waals surface area contributed by atoms with Crippen molar-refractivity contribution >= 4 is 61.0 Å². The Labute approximate surface area is 268 Å². The smallest absolute Gasteiger partial charge is 0.382 e. The highest BCUT2D eigenvalue weighted by Crippen LogP contribution is 2.60. The molecule has 0 radical (unpaired) electrons. The molecular formula is C23H29FN10O10P2S. The van der Waals surface area contributed by atoms with E-state index in [1.165, 1.54) is 6.33 Å². The molecule has 2 unspecified atom stereocenters. The van der Waals surface area contributed by atoms with Gasteiger partial charge < -0.3 is 25.8 Å². The van der Waals surface area contributed by atoms with Gasteiger partial charge in [0, 0.05) is 13.0 Å². The molecule has 4 aromatic heterocycles. The van der Waals surface area contributed by atoms with Crippen LogP contribution in [0.5, 0.6) is 0 Å². The van der Waals surface area contributed by atoms with Crippen LogP contribution in [0.2, 0.25) is 0 Å². The molecule has 2 bridgehead atoms. The summed E-state index contributed by atoms with van der Waals surface area (Å²) >= 11 is 4.13. The third kappa shape index (κ3) is 5.96. The van der Waals surface area contributed by atoms with Gasteiger partial charge in [-0.15, -0.1) is 0 Å². The number of hydrogen-bond donors (Lipinski definition) is 5. The van der Waals surface area contributed by atoms with E-state index in [1.807, 2.05) is 0 Å². The fourth-order valence-electron chi connectivity index (χ4n) is 6.24. The molecule has 0 amide bonds. The molecule has 0 spiro atoms. The minimum atomic E-state index is -4.52. The molecule has 3 fully saturated rings. The Morgan fingerprint density at radius 3 is 2.66 bits per heavy atom. The number of nitrogens with zero attached hydrogens (tertiary/aromatic N) is 7. The summed E-state index contributed by atoms with van der Waals surface area (Å²) in [5.41, 5.74) is 10.8. The molecular weight excluding hydrogens is 689 g/mol. The number of aromatic nitrogens is 8. The third-order valence-corrected chi connectivity index (χ3v) is 10.9. The van der Waals surface area contributed by atoms with Gasteiger partial charge in [0.2, 0.25) is 5.95 Å². The lowest BCUT2D eigenvalue weighted by atomic mass is 10.0. The first kappa shape index (κ1) is 32.5. The van der Waals surface area contributed by atoms with Crippen molar-refractivity contribution in [3.63, 3.8) is 0 Å². The van der Waals surface area contributed by atoms with Crippen molar-refractivity contribution in [2.24, 2.45) is 5.92 Å². The van der Waals surface area contributed by atoms with Crippen LogP contribution in [0.15, 0.2) is 23.8 Å². The van der Waals surface area contributed by atoms with E-state index in [2.05, 4.69) is 46.7 Å². The molecule has 0 aromatic carbocycles. The first-order chi connectivity index (χ1) is 22.3. The number of phosphoric acid groups is 1. The van der Waals surface area contributed by atoms with Crippen LogP contribution >= 0.6 is 26.9 Å². The predicted molar refractivity (Wildman–Crippen MR) is 162 cm³/mol. The number of H-pyrrole nitrogens is 1. The van der Waals surface area contributed by atoms with E-state index in [0.29, 0.717) is 24.0 Å². The molecule has 7 rings (SSSR count). The lowest BCUT2D eigenvalue weighted by molar-refractivity contribution is -0.121. The number of halogens is 1. The number of phosphoric ester groups is 1. The second-order valence-electron chi connectivity index (χ2n) is 11.3. The van der Waals surface area contributed by atoms with Gasteiger partial charge in [-0.25, -0.2) is 33.5 Å². The summed E-state index contributed by atoms with van der Waals surface area (Å²) in [7, 11) is -3.59. The Morgan fingerprint density at radius 1 is 1.15 bits per heavy atom. The Kier molecular flexibility index (Phi) is 8.18. The van der Waals surface area contributed by atoms with Crippen LogP contribution in [0.25, 0.3) is 22.3 Å². The number of fused-ring (bicyclic) bond motifs is 4. The van der Waals surface area contributed by atoms with Gasteiger partial charge in [-0.2, -0.15) is 4.98 Å². The zero-order valence-electron chi connectivity index (χ0n) is 24.4. The summed E-state index contributed by atoms with van der Waals surface area (Å²) in [6.07, 6.45) is -1.39. The van der Waals surface area contributed by atoms with Gasteiger partial charge in [-0.1, -0.05) is 12.2 Å². The van der Waals surface area contributed by atoms with Crippen LogP contribution in [0.1, 0.15) is 31.7 Å². The number of hydrogen-bond acceptors (Lipinski definition) is 16. The fraction of sp³-hybridized carbons (Fsp3) is 0.565. The van der Waals surface area contributed by atoms with Crippen LogP contribution in [-0.2, 0) is 36.7 Å². The van der Waals surface area contributed by atoms with Crippen molar-refractivity contribution in [3.05, 3.63) is 29.3 Å². The number of anilines is 2. The Bertz CT molecular complexity index is 2000. The van der Waals surface area contributed by atoms with Crippen LogP contribution in [0, 0.1) is 5.92 Å². The average molecular weight is 719 g/mol. The van der Waals surface area contributed by atoms with Gasteiger partial charge in [-0.05, 0) is 19.3 Å². The highest BCUT2D eigenvalue weighted by molar-refractivity contribution is 8.44. The van der Waals surface area contributed by atoms with Gasteiger partial charge in [0.05, 0.1) is 31.5 Å². The van der Waals surface area contributed by atoms with Crippen LogP contribution in [-0.4, -0.2) is 88.2 Å². The average Bonchev–Trinajstić information content (AvgIpc) is 3.85. The molecule has 1 saturated carbocycles. The van der Waals surface area contributed by atoms with Gasteiger partial charge in [-0.3, -0.25) is 37.0 Å². The second kappa shape index (κ2) is 11.8. The molecule has 6 N–H and O–H groups in total. The Hall–Kier alpha value is -3.04. The van der Waals surface area contributed by atoms with E-state index in [9.17, 15) is 18.8 Å². The molecule has 254 valence electrons. The maximum Gasteiger partial charge on any atom is 0.472 e. The molecule has 20 nitrogen and oxygen atoms in total. The van der Waals surface area contributed by atoms with Crippen LogP contribution in [0.3, 0.4) is 0 Å². The number of ether oxygens (including phenoxy) is 2. The van der Waals surface area contributed by atoms with E-state index in [1.54, 1.807) is 10.9 Å². The standard InChI is InChI=1S/C23H29FN10O10P2S/c1-39-45(36,37)40-5-11-12(24)15(21(42-11)34-9-30-14-18(34)31-22(26)32-19(14)35)44-46(38,47)41-6-23-3-2-10(4-23)20(43-23)33-8-29-13-16(25)27-7-28-17(13)33/h7-12,15,20-21H,2-6H2,1H3,(H,36,37)(H,38,47)(H2,25,27,28)(H3,26,31,32,35)/t10-,11-,12+,15-,20-,21-,23+,46?/m1/s1. The summed E-state index contributed by atoms with van der Waals surface area (Å²) in [6.45, 7) is -5.35. The zero-order chi connectivity index (χ0) is 33.3. The largest absolute Gasteiger partial charge is 0.472 e. The molecule has 4 aromatic rings. The quantitative estimate of drug-likeness (QED) is 0.109.